The quantitative estimate of drug-likeness (QED) is 0.221. The van der Waals surface area contributed by atoms with Gasteiger partial charge in [0.05, 0.1) is 0 Å². The Morgan fingerprint density at radius 1 is 0.737 bits per heavy atom. The molecule has 2 nitrogen and oxygen atoms in total. The topological polar surface area (TPSA) is 25.8 Å². The summed E-state index contributed by atoms with van der Waals surface area (Å²) in [5, 5.41) is 11.9. The van der Waals surface area contributed by atoms with E-state index in [1.807, 2.05) is 30.3 Å². The van der Waals surface area contributed by atoms with E-state index in [1.54, 1.807) is 0 Å². The van der Waals surface area contributed by atoms with Crippen molar-refractivity contribution in [2.24, 2.45) is 5.41 Å². The summed E-state index contributed by atoms with van der Waals surface area (Å²) in [6, 6.07) is 22.4. The second-order valence-corrected chi connectivity index (χ2v) is 23.4. The van der Waals surface area contributed by atoms with Gasteiger partial charge in [0.15, 0.2) is 0 Å². The molecule has 0 saturated heterocycles. The van der Waals surface area contributed by atoms with E-state index >= 15 is 0 Å². The molecule has 4 aromatic rings. The first-order valence-electron chi connectivity index (χ1n) is 13.1. The minimum atomic E-state index is -4.26. The van der Waals surface area contributed by atoms with Gasteiger partial charge in [0.25, 0.3) is 0 Å². The first-order valence-corrected chi connectivity index (χ1v) is 20.4. The second-order valence-electron chi connectivity index (χ2n) is 13.0. The number of alkyl halides is 3. The van der Waals surface area contributed by atoms with Crippen LogP contribution in [0.4, 0.5) is 13.2 Å². The van der Waals surface area contributed by atoms with Gasteiger partial charge in [-0.1, -0.05) is 0 Å². The molecular weight excluding hydrogens is 542 g/mol. The zero-order valence-corrected chi connectivity index (χ0v) is 25.7. The summed E-state index contributed by atoms with van der Waals surface area (Å²) >= 11 is -2.43. The van der Waals surface area contributed by atoms with E-state index in [1.165, 1.54) is 24.8 Å². The SMILES string of the molecule is CC(C)(C)c1cc(-c2cc(-c3ccc(CC(C)(C)C(F)(F)F)cc3)[c]([Ge]([CH3])([CH3])[CH3])nn2)cc2ccccc12. The summed E-state index contributed by atoms with van der Waals surface area (Å²) in [7, 11) is 0. The monoisotopic (exact) mass is 580 g/mol. The summed E-state index contributed by atoms with van der Waals surface area (Å²) in [6.07, 6.45) is -4.32. The maximum absolute atomic E-state index is 13.4. The van der Waals surface area contributed by atoms with Crippen molar-refractivity contribution in [3.63, 3.8) is 0 Å². The molecule has 38 heavy (non-hydrogen) atoms. The fourth-order valence-corrected chi connectivity index (χ4v) is 7.68. The molecule has 0 aliphatic carbocycles. The van der Waals surface area contributed by atoms with Crippen LogP contribution in [-0.2, 0) is 11.8 Å². The standard InChI is InChI=1S/C32H37F3GeN2/c1-30(2,3)27-18-24(17-23-11-9-10-12-25(23)27)28-19-26(29(38-37-28)36(6,7)8)22-15-13-21(14-16-22)20-31(4,5)32(33,34)35/h9-19H,20H2,1-8H3. The molecule has 0 aliphatic rings. The Hall–Kier alpha value is -2.67. The second kappa shape index (κ2) is 9.82. The average Bonchev–Trinajstić information content (AvgIpc) is 2.81. The number of fused-ring (bicyclic) bond motifs is 1. The Kier molecular flexibility index (Phi) is 7.32. The van der Waals surface area contributed by atoms with Crippen LogP contribution in [0.3, 0.4) is 0 Å². The number of nitrogens with zero attached hydrogens (tertiary/aromatic N) is 2. The van der Waals surface area contributed by atoms with Crippen molar-refractivity contribution in [1.82, 2.24) is 10.2 Å². The van der Waals surface area contributed by atoms with Crippen molar-refractivity contribution in [3.8, 4) is 22.4 Å². The van der Waals surface area contributed by atoms with Gasteiger partial charge in [-0.2, -0.15) is 0 Å². The van der Waals surface area contributed by atoms with Crippen LogP contribution in [-0.4, -0.2) is 29.6 Å². The fourth-order valence-electron chi connectivity index (χ4n) is 4.80. The first kappa shape index (κ1) is 28.3. The Morgan fingerprint density at radius 2 is 1.37 bits per heavy atom. The van der Waals surface area contributed by atoms with Crippen molar-refractivity contribution in [3.05, 3.63) is 77.9 Å². The third-order valence-corrected chi connectivity index (χ3v) is 10.9. The maximum atomic E-state index is 13.4. The number of aromatic nitrogens is 2. The van der Waals surface area contributed by atoms with Crippen LogP contribution in [0.2, 0.25) is 17.3 Å². The van der Waals surface area contributed by atoms with Gasteiger partial charge in [-0.25, -0.2) is 0 Å². The number of benzene rings is 3. The molecule has 0 aliphatic heterocycles. The molecule has 0 spiro atoms. The number of halogens is 3. The normalized spacial score (nSPS) is 13.2. The summed E-state index contributed by atoms with van der Waals surface area (Å²) in [5.74, 6) is 6.84. The zero-order valence-electron chi connectivity index (χ0n) is 23.6. The zero-order chi connectivity index (χ0) is 28.1. The molecule has 1 aromatic heterocycles. The van der Waals surface area contributed by atoms with Crippen LogP contribution >= 0.6 is 0 Å². The Bertz CT molecular complexity index is 1460. The molecule has 0 amide bonds. The minimum absolute atomic E-state index is 0.0490. The molecule has 0 N–H and O–H groups in total. The Morgan fingerprint density at radius 3 is 1.95 bits per heavy atom. The van der Waals surface area contributed by atoms with E-state index in [9.17, 15) is 13.2 Å². The van der Waals surface area contributed by atoms with Crippen molar-refractivity contribution < 1.29 is 13.2 Å². The predicted octanol–water partition coefficient (Wildman–Crippen LogP) is 8.94. The molecule has 0 bridgehead atoms. The van der Waals surface area contributed by atoms with E-state index in [-0.39, 0.29) is 11.8 Å². The molecule has 0 fully saturated rings. The first-order chi connectivity index (χ1) is 17.5. The summed E-state index contributed by atoms with van der Waals surface area (Å²) < 4.78 is 41.4. The van der Waals surface area contributed by atoms with Crippen molar-refractivity contribution in [2.75, 3.05) is 0 Å². The molecule has 0 unspecified atom stereocenters. The van der Waals surface area contributed by atoms with Crippen LogP contribution in [0.1, 0.15) is 45.7 Å². The van der Waals surface area contributed by atoms with E-state index in [4.69, 9.17) is 10.2 Å². The van der Waals surface area contributed by atoms with Gasteiger partial charge >= 0.3 is 227 Å². The molecule has 200 valence electrons. The summed E-state index contributed by atoms with van der Waals surface area (Å²) in [5.41, 5.74) is 3.88. The summed E-state index contributed by atoms with van der Waals surface area (Å²) in [4.78, 5) is 0. The number of rotatable bonds is 5. The van der Waals surface area contributed by atoms with Gasteiger partial charge in [-0.15, -0.1) is 0 Å². The molecule has 4 rings (SSSR count). The van der Waals surface area contributed by atoms with Crippen molar-refractivity contribution in [2.45, 2.75) is 69.9 Å². The van der Waals surface area contributed by atoms with Crippen molar-refractivity contribution in [1.29, 1.82) is 0 Å². The van der Waals surface area contributed by atoms with E-state index < -0.39 is 24.9 Å². The Labute approximate surface area is 227 Å². The van der Waals surface area contributed by atoms with Gasteiger partial charge in [0.1, 0.15) is 0 Å². The third kappa shape index (κ3) is 5.83. The van der Waals surface area contributed by atoms with Crippen LogP contribution < -0.4 is 4.53 Å². The van der Waals surface area contributed by atoms with Gasteiger partial charge in [0.2, 0.25) is 0 Å². The van der Waals surface area contributed by atoms with E-state index in [2.05, 4.69) is 74.4 Å². The molecule has 6 heteroatoms. The van der Waals surface area contributed by atoms with Gasteiger partial charge in [0, 0.05) is 0 Å². The number of hydrogen-bond acceptors (Lipinski definition) is 2. The fraction of sp³-hybridized carbons (Fsp3) is 0.375. The van der Waals surface area contributed by atoms with E-state index in [0.717, 1.165) is 32.3 Å². The van der Waals surface area contributed by atoms with Gasteiger partial charge in [-0.05, 0) is 0 Å². The molecule has 0 saturated carbocycles. The molecule has 0 atom stereocenters. The molecule has 1 heterocycles. The van der Waals surface area contributed by atoms with Crippen molar-refractivity contribution >= 4 is 28.6 Å². The third-order valence-electron chi connectivity index (χ3n) is 7.15. The van der Waals surface area contributed by atoms with E-state index in [0.29, 0.717) is 5.56 Å². The number of hydrogen-bond donors (Lipinski definition) is 0. The van der Waals surface area contributed by atoms with Gasteiger partial charge < -0.3 is 0 Å². The molecular formula is C32H37F3GeN2. The average molecular weight is 579 g/mol. The molecule has 0 radical (unpaired) electrons. The Balaban J connectivity index is 1.83. The van der Waals surface area contributed by atoms with Crippen LogP contribution in [0.25, 0.3) is 33.2 Å². The van der Waals surface area contributed by atoms with Crippen LogP contribution in [0.5, 0.6) is 0 Å². The molecule has 3 aromatic carbocycles. The van der Waals surface area contributed by atoms with Gasteiger partial charge in [-0.3, -0.25) is 0 Å². The summed E-state index contributed by atoms with van der Waals surface area (Å²) in [6.45, 7) is 9.15. The van der Waals surface area contributed by atoms with Crippen LogP contribution in [0, 0.1) is 5.41 Å². The van der Waals surface area contributed by atoms with Crippen LogP contribution in [0.15, 0.2) is 66.7 Å². The predicted molar refractivity (Wildman–Crippen MR) is 156 cm³/mol.